The highest BCUT2D eigenvalue weighted by atomic mass is 16.2. The summed E-state index contributed by atoms with van der Waals surface area (Å²) in [5.41, 5.74) is 5.32. The lowest BCUT2D eigenvalue weighted by Gasteiger charge is -2.36. The molecule has 7 heteroatoms. The van der Waals surface area contributed by atoms with Gasteiger partial charge in [-0.05, 0) is 69.4 Å². The van der Waals surface area contributed by atoms with Crippen LogP contribution in [0.3, 0.4) is 0 Å². The van der Waals surface area contributed by atoms with Crippen molar-refractivity contribution in [2.75, 3.05) is 30.3 Å². The van der Waals surface area contributed by atoms with Gasteiger partial charge in [-0.3, -0.25) is 4.79 Å². The van der Waals surface area contributed by atoms with Crippen LogP contribution in [0.25, 0.3) is 11.3 Å². The van der Waals surface area contributed by atoms with Crippen LogP contribution in [0.2, 0.25) is 0 Å². The van der Waals surface area contributed by atoms with E-state index in [4.69, 9.17) is 0 Å². The predicted octanol–water partition coefficient (Wildman–Crippen LogP) is 5.33. The van der Waals surface area contributed by atoms with Crippen LogP contribution < -0.4 is 21.3 Å². The molecule has 192 valence electrons. The van der Waals surface area contributed by atoms with Gasteiger partial charge < -0.3 is 26.2 Å². The number of benzene rings is 2. The van der Waals surface area contributed by atoms with Crippen LogP contribution in [0, 0.1) is 0 Å². The molecular formula is C30H35N5O2. The van der Waals surface area contributed by atoms with E-state index in [9.17, 15) is 9.59 Å². The molecule has 0 radical (unpaired) electrons. The second-order valence-electron chi connectivity index (χ2n) is 10.1. The zero-order valence-corrected chi connectivity index (χ0v) is 21.6. The number of anilines is 2. The molecule has 2 aromatic rings. The number of amides is 3. The molecule has 2 heterocycles. The molecule has 1 aliphatic carbocycles. The molecular weight excluding hydrogens is 462 g/mol. The fourth-order valence-corrected chi connectivity index (χ4v) is 5.20. The minimum atomic E-state index is -0.364. The maximum Gasteiger partial charge on any atom is 0.319 e. The van der Waals surface area contributed by atoms with Crippen molar-refractivity contribution in [2.24, 2.45) is 0 Å². The van der Waals surface area contributed by atoms with E-state index >= 15 is 0 Å². The third-order valence-corrected chi connectivity index (χ3v) is 7.16. The largest absolute Gasteiger partial charge is 0.375 e. The standard InChI is InChI=1S/C30H35N5O2/c1-3-31-29(37)32-22-12-13-25-24(20-22)26(28(36)33-25)27(21-10-6-4-7-11-21)34-30(2)16-14-23(15-17-30)35-18-8-5-9-19-35/h4,6-7,10-16,20,34H,3,5,8-9,17-19H2,1-2H3,(H,33,36)(H2,31,32,37). The topological polar surface area (TPSA) is 85.5 Å². The maximum absolute atomic E-state index is 13.3. The van der Waals surface area contributed by atoms with Crippen molar-refractivity contribution in [2.45, 2.75) is 45.1 Å². The van der Waals surface area contributed by atoms with Gasteiger partial charge in [0.05, 0.1) is 16.8 Å². The maximum atomic E-state index is 13.3. The molecule has 0 spiro atoms. The number of rotatable bonds is 6. The predicted molar refractivity (Wildman–Crippen MR) is 150 cm³/mol. The number of fused-ring (bicyclic) bond motifs is 1. The van der Waals surface area contributed by atoms with Crippen LogP contribution in [-0.2, 0) is 4.79 Å². The summed E-state index contributed by atoms with van der Waals surface area (Å²) in [6.45, 7) is 6.79. The summed E-state index contributed by atoms with van der Waals surface area (Å²) in [5.74, 6) is -0.163. The summed E-state index contributed by atoms with van der Waals surface area (Å²) in [6.07, 6.45) is 11.4. The lowest BCUT2D eigenvalue weighted by Crippen LogP contribution is -2.41. The Morgan fingerprint density at radius 1 is 1.08 bits per heavy atom. The van der Waals surface area contributed by atoms with Crippen LogP contribution in [-0.4, -0.2) is 42.0 Å². The minimum absolute atomic E-state index is 0.163. The van der Waals surface area contributed by atoms with Crippen LogP contribution in [0.5, 0.6) is 0 Å². The molecule has 2 aliphatic heterocycles. The first-order chi connectivity index (χ1) is 18.0. The number of carbonyl (C=O) groups is 2. The van der Waals surface area contributed by atoms with Gasteiger partial charge >= 0.3 is 6.03 Å². The third kappa shape index (κ3) is 5.40. The van der Waals surface area contributed by atoms with Crippen LogP contribution in [0.1, 0.15) is 50.7 Å². The highest BCUT2D eigenvalue weighted by Crippen LogP contribution is 2.39. The Morgan fingerprint density at radius 3 is 2.57 bits per heavy atom. The highest BCUT2D eigenvalue weighted by Gasteiger charge is 2.32. The lowest BCUT2D eigenvalue weighted by atomic mass is 9.89. The van der Waals surface area contributed by atoms with Gasteiger partial charge in [0.25, 0.3) is 5.91 Å². The average Bonchev–Trinajstić information content (AvgIpc) is 3.24. The van der Waals surface area contributed by atoms with E-state index in [-0.39, 0.29) is 17.5 Å². The van der Waals surface area contributed by atoms with E-state index in [1.807, 2.05) is 49.4 Å². The van der Waals surface area contributed by atoms with Crippen LogP contribution in [0.4, 0.5) is 16.2 Å². The molecule has 1 atom stereocenters. The molecule has 37 heavy (non-hydrogen) atoms. The zero-order valence-electron chi connectivity index (χ0n) is 21.6. The van der Waals surface area contributed by atoms with E-state index in [2.05, 4.69) is 51.3 Å². The number of nitrogens with one attached hydrogen (secondary N) is 4. The Morgan fingerprint density at radius 2 is 1.86 bits per heavy atom. The molecule has 1 saturated heterocycles. The van der Waals surface area contributed by atoms with Crippen LogP contribution >= 0.6 is 0 Å². The van der Waals surface area contributed by atoms with Gasteiger partial charge in [-0.2, -0.15) is 0 Å². The van der Waals surface area contributed by atoms with E-state index in [0.29, 0.717) is 17.8 Å². The molecule has 7 nitrogen and oxygen atoms in total. The summed E-state index contributed by atoms with van der Waals surface area (Å²) in [4.78, 5) is 27.9. The molecule has 0 saturated carbocycles. The average molecular weight is 498 g/mol. The minimum Gasteiger partial charge on any atom is -0.375 e. The first-order valence-corrected chi connectivity index (χ1v) is 13.2. The number of nitrogens with zero attached hydrogens (tertiary/aromatic N) is 1. The molecule has 5 rings (SSSR count). The van der Waals surface area contributed by atoms with E-state index < -0.39 is 0 Å². The number of urea groups is 1. The summed E-state index contributed by atoms with van der Waals surface area (Å²) in [5, 5.41) is 12.3. The van der Waals surface area contributed by atoms with Crippen molar-refractivity contribution in [1.82, 2.24) is 15.5 Å². The Labute approximate surface area is 218 Å². The third-order valence-electron chi connectivity index (χ3n) is 7.16. The van der Waals surface area contributed by atoms with Gasteiger partial charge in [-0.25, -0.2) is 4.79 Å². The molecule has 1 unspecified atom stereocenters. The van der Waals surface area contributed by atoms with Crippen molar-refractivity contribution >= 4 is 34.6 Å². The molecule has 0 bridgehead atoms. The Hall–Kier alpha value is -4.00. The van der Waals surface area contributed by atoms with Gasteiger partial charge in [0.15, 0.2) is 0 Å². The molecule has 1 fully saturated rings. The normalized spacial score (nSPS) is 22.1. The molecule has 3 amide bonds. The summed E-state index contributed by atoms with van der Waals surface area (Å²) >= 11 is 0. The van der Waals surface area contributed by atoms with E-state index in [1.165, 1.54) is 25.0 Å². The molecule has 2 aromatic carbocycles. The fraction of sp³-hybridized carbons (Fsp3) is 0.333. The Bertz CT molecular complexity index is 1270. The second kappa shape index (κ2) is 10.5. The monoisotopic (exact) mass is 497 g/mol. The number of likely N-dealkylation sites (tertiary alicyclic amines) is 1. The van der Waals surface area contributed by atoms with Crippen molar-refractivity contribution in [3.8, 4) is 0 Å². The van der Waals surface area contributed by atoms with Gasteiger partial charge in [0.2, 0.25) is 0 Å². The van der Waals surface area contributed by atoms with Crippen molar-refractivity contribution in [3.05, 3.63) is 83.6 Å². The van der Waals surface area contributed by atoms with Crippen LogP contribution in [0.15, 0.2) is 72.5 Å². The van der Waals surface area contributed by atoms with E-state index in [0.717, 1.165) is 42.0 Å². The number of piperidine rings is 1. The SMILES string of the molecule is CCNC(=O)Nc1ccc2c(c1)C(=C(NC1(C)C=CC(N3CCCCC3)=CC1)c1ccccc1)C(=O)N2. The van der Waals surface area contributed by atoms with Gasteiger partial charge in [-0.15, -0.1) is 0 Å². The van der Waals surface area contributed by atoms with Crippen molar-refractivity contribution in [1.29, 1.82) is 0 Å². The zero-order chi connectivity index (χ0) is 25.8. The van der Waals surface area contributed by atoms with Gasteiger partial charge in [0.1, 0.15) is 0 Å². The second-order valence-corrected chi connectivity index (χ2v) is 10.1. The number of hydrogen-bond acceptors (Lipinski definition) is 4. The van der Waals surface area contributed by atoms with Crippen molar-refractivity contribution in [3.63, 3.8) is 0 Å². The first kappa shape index (κ1) is 24.7. The summed E-state index contributed by atoms with van der Waals surface area (Å²) in [7, 11) is 0. The molecule has 0 aromatic heterocycles. The Balaban J connectivity index is 1.49. The highest BCUT2D eigenvalue weighted by molar-refractivity contribution is 6.36. The first-order valence-electron chi connectivity index (χ1n) is 13.2. The molecule has 3 aliphatic rings. The smallest absolute Gasteiger partial charge is 0.319 e. The fourth-order valence-electron chi connectivity index (χ4n) is 5.20. The van der Waals surface area contributed by atoms with E-state index in [1.54, 1.807) is 6.07 Å². The van der Waals surface area contributed by atoms with Crippen molar-refractivity contribution < 1.29 is 9.59 Å². The lowest BCUT2D eigenvalue weighted by molar-refractivity contribution is -0.110. The van der Waals surface area contributed by atoms with Gasteiger partial charge in [0, 0.05) is 42.3 Å². The molecule has 4 N–H and O–H groups in total. The number of hydrogen-bond donors (Lipinski definition) is 4. The summed E-state index contributed by atoms with van der Waals surface area (Å²) < 4.78 is 0. The quantitative estimate of drug-likeness (QED) is 0.407. The van der Waals surface area contributed by atoms with Gasteiger partial charge in [-0.1, -0.05) is 42.5 Å². The number of allylic oxidation sites excluding steroid dienone is 1. The summed E-state index contributed by atoms with van der Waals surface area (Å²) in [6, 6.07) is 15.2. The number of carbonyl (C=O) groups excluding carboxylic acids is 2. The Kier molecular flexibility index (Phi) is 7.04.